The van der Waals surface area contributed by atoms with Gasteiger partial charge < -0.3 is 11.1 Å². The van der Waals surface area contributed by atoms with Crippen molar-refractivity contribution in [2.75, 3.05) is 18.4 Å². The van der Waals surface area contributed by atoms with E-state index in [1.54, 1.807) is 12.1 Å². The number of piperidine rings is 1. The molecule has 1 heterocycles. The van der Waals surface area contributed by atoms with E-state index in [-0.39, 0.29) is 24.4 Å². The van der Waals surface area contributed by atoms with Gasteiger partial charge >= 0.3 is 0 Å². The predicted molar refractivity (Wildman–Crippen MR) is 90.2 cm³/mol. The van der Waals surface area contributed by atoms with Gasteiger partial charge in [0, 0.05) is 22.8 Å². The highest BCUT2D eigenvalue weighted by Crippen LogP contribution is 2.19. The van der Waals surface area contributed by atoms with E-state index in [0.717, 1.165) is 25.1 Å². The lowest BCUT2D eigenvalue weighted by atomic mass is 9.97. The van der Waals surface area contributed by atoms with Crippen LogP contribution >= 0.6 is 24.0 Å². The average molecular weight is 332 g/mol. The molecule has 1 aromatic carbocycles. The number of hydrogen-bond donors (Lipinski definition) is 2. The Hall–Kier alpha value is -0.810. The molecule has 0 aliphatic carbocycles. The number of anilines is 1. The summed E-state index contributed by atoms with van der Waals surface area (Å²) in [7, 11) is 0. The molecule has 0 bridgehead atoms. The molecule has 21 heavy (non-hydrogen) atoms. The largest absolute Gasteiger partial charge is 0.327 e. The number of halogens is 2. The molecule has 1 saturated heterocycles. The quantitative estimate of drug-likeness (QED) is 0.891. The lowest BCUT2D eigenvalue weighted by Gasteiger charge is -2.37. The molecule has 2 rings (SSSR count). The van der Waals surface area contributed by atoms with Crippen LogP contribution in [0.5, 0.6) is 0 Å². The highest BCUT2D eigenvalue weighted by Gasteiger charge is 2.26. The average Bonchev–Trinajstić information content (AvgIpc) is 2.38. The fraction of sp³-hybridized carbons (Fsp3) is 0.533. The number of benzene rings is 1. The van der Waals surface area contributed by atoms with Crippen molar-refractivity contribution in [3.05, 3.63) is 29.3 Å². The molecule has 6 heteroatoms. The number of hydrogen-bond acceptors (Lipinski definition) is 3. The predicted octanol–water partition coefficient (Wildman–Crippen LogP) is 2.90. The van der Waals surface area contributed by atoms with Crippen molar-refractivity contribution < 1.29 is 4.79 Å². The van der Waals surface area contributed by atoms with Gasteiger partial charge in [0.2, 0.25) is 5.91 Å². The maximum atomic E-state index is 12.1. The second kappa shape index (κ2) is 8.59. The van der Waals surface area contributed by atoms with Crippen LogP contribution < -0.4 is 11.1 Å². The summed E-state index contributed by atoms with van der Waals surface area (Å²) in [6, 6.07) is 7.59. The maximum Gasteiger partial charge on any atom is 0.238 e. The van der Waals surface area contributed by atoms with E-state index in [2.05, 4.69) is 10.2 Å². The first-order valence-electron chi connectivity index (χ1n) is 7.11. The lowest BCUT2D eigenvalue weighted by Crippen LogP contribution is -2.51. The molecule has 118 valence electrons. The molecule has 1 aliphatic rings. The van der Waals surface area contributed by atoms with Gasteiger partial charge in [-0.25, -0.2) is 0 Å². The standard InChI is InChI=1S/C15H22ClN3O.ClH/c1-11(17)14-7-2-3-8-19(14)10-15(20)18-13-6-4-5-12(16)9-13;/h4-6,9,11,14H,2-3,7-8,10,17H2,1H3,(H,18,20);1H. The zero-order valence-corrected chi connectivity index (χ0v) is 13.8. The molecule has 0 spiro atoms. The summed E-state index contributed by atoms with van der Waals surface area (Å²) in [4.78, 5) is 14.3. The normalized spacial score (nSPS) is 20.4. The van der Waals surface area contributed by atoms with Gasteiger partial charge in [-0.1, -0.05) is 24.1 Å². The van der Waals surface area contributed by atoms with Crippen LogP contribution in [0, 0.1) is 0 Å². The fourth-order valence-corrected chi connectivity index (χ4v) is 2.95. The number of amides is 1. The van der Waals surface area contributed by atoms with Gasteiger partial charge in [-0.2, -0.15) is 0 Å². The number of nitrogens with zero attached hydrogens (tertiary/aromatic N) is 1. The molecule has 1 aromatic rings. The molecule has 0 saturated carbocycles. The van der Waals surface area contributed by atoms with Crippen molar-refractivity contribution in [2.45, 2.75) is 38.3 Å². The fourth-order valence-electron chi connectivity index (χ4n) is 2.76. The van der Waals surface area contributed by atoms with Crippen LogP contribution in [0.1, 0.15) is 26.2 Å². The van der Waals surface area contributed by atoms with Crippen molar-refractivity contribution in [3.8, 4) is 0 Å². The smallest absolute Gasteiger partial charge is 0.238 e. The highest BCUT2D eigenvalue weighted by molar-refractivity contribution is 6.30. The van der Waals surface area contributed by atoms with Gasteiger partial charge in [0.05, 0.1) is 6.54 Å². The third-order valence-corrected chi connectivity index (χ3v) is 3.96. The third kappa shape index (κ3) is 5.47. The Kier molecular flexibility index (Phi) is 7.46. The van der Waals surface area contributed by atoms with Crippen LogP contribution in [0.15, 0.2) is 24.3 Å². The Bertz CT molecular complexity index is 468. The van der Waals surface area contributed by atoms with E-state index in [1.165, 1.54) is 6.42 Å². The van der Waals surface area contributed by atoms with Gasteiger partial charge in [0.1, 0.15) is 0 Å². The minimum Gasteiger partial charge on any atom is -0.327 e. The molecular formula is C15H23Cl2N3O. The van der Waals surface area contributed by atoms with E-state index < -0.39 is 0 Å². The topological polar surface area (TPSA) is 58.4 Å². The van der Waals surface area contributed by atoms with E-state index in [9.17, 15) is 4.79 Å². The summed E-state index contributed by atoms with van der Waals surface area (Å²) < 4.78 is 0. The monoisotopic (exact) mass is 331 g/mol. The van der Waals surface area contributed by atoms with Crippen molar-refractivity contribution in [1.29, 1.82) is 0 Å². The van der Waals surface area contributed by atoms with Gasteiger partial charge in [0.25, 0.3) is 0 Å². The first-order chi connectivity index (χ1) is 9.56. The Morgan fingerprint density at radius 3 is 2.95 bits per heavy atom. The number of nitrogens with two attached hydrogens (primary N) is 1. The summed E-state index contributed by atoms with van der Waals surface area (Å²) in [5, 5.41) is 3.50. The van der Waals surface area contributed by atoms with Crippen LogP contribution in [0.25, 0.3) is 0 Å². The van der Waals surface area contributed by atoms with Gasteiger partial charge in [-0.15, -0.1) is 12.4 Å². The van der Waals surface area contributed by atoms with Gasteiger partial charge in [-0.3, -0.25) is 9.69 Å². The minimum absolute atomic E-state index is 0. The summed E-state index contributed by atoms with van der Waals surface area (Å²) in [6.07, 6.45) is 3.40. The summed E-state index contributed by atoms with van der Waals surface area (Å²) in [5.41, 5.74) is 6.75. The highest BCUT2D eigenvalue weighted by atomic mass is 35.5. The van der Waals surface area contributed by atoms with Crippen molar-refractivity contribution in [3.63, 3.8) is 0 Å². The zero-order chi connectivity index (χ0) is 14.5. The van der Waals surface area contributed by atoms with Crippen LogP contribution in [0.2, 0.25) is 5.02 Å². The number of likely N-dealkylation sites (tertiary alicyclic amines) is 1. The molecule has 1 amide bonds. The summed E-state index contributed by atoms with van der Waals surface area (Å²) in [6.45, 7) is 3.34. The van der Waals surface area contributed by atoms with Crippen LogP contribution in [-0.4, -0.2) is 36.0 Å². The molecule has 0 radical (unpaired) electrons. The SMILES string of the molecule is CC(N)C1CCCCN1CC(=O)Nc1cccc(Cl)c1.Cl. The van der Waals surface area contributed by atoms with Gasteiger partial charge in [0.15, 0.2) is 0 Å². The maximum absolute atomic E-state index is 12.1. The zero-order valence-electron chi connectivity index (χ0n) is 12.2. The summed E-state index contributed by atoms with van der Waals surface area (Å²) >= 11 is 5.91. The minimum atomic E-state index is -0.0141. The molecule has 3 N–H and O–H groups in total. The first-order valence-corrected chi connectivity index (χ1v) is 7.49. The molecule has 2 unspecified atom stereocenters. The van der Waals surface area contributed by atoms with E-state index in [4.69, 9.17) is 17.3 Å². The lowest BCUT2D eigenvalue weighted by molar-refractivity contribution is -0.118. The first kappa shape index (κ1) is 18.2. The Morgan fingerprint density at radius 2 is 2.29 bits per heavy atom. The molecule has 1 fully saturated rings. The molecule has 1 aliphatic heterocycles. The van der Waals surface area contributed by atoms with Crippen LogP contribution in [-0.2, 0) is 4.79 Å². The van der Waals surface area contributed by atoms with Crippen LogP contribution in [0.3, 0.4) is 0 Å². The number of carbonyl (C=O) groups excluding carboxylic acids is 1. The Balaban J connectivity index is 0.00000220. The van der Waals surface area contributed by atoms with Crippen LogP contribution in [0.4, 0.5) is 5.69 Å². The third-order valence-electron chi connectivity index (χ3n) is 3.73. The molecule has 0 aromatic heterocycles. The van der Waals surface area contributed by atoms with E-state index >= 15 is 0 Å². The number of nitrogens with one attached hydrogen (secondary N) is 1. The van der Waals surface area contributed by atoms with Crippen molar-refractivity contribution in [1.82, 2.24) is 4.90 Å². The van der Waals surface area contributed by atoms with E-state index in [1.807, 2.05) is 19.1 Å². The second-order valence-electron chi connectivity index (χ2n) is 5.45. The van der Waals surface area contributed by atoms with Crippen molar-refractivity contribution in [2.24, 2.45) is 5.73 Å². The molecular weight excluding hydrogens is 309 g/mol. The summed E-state index contributed by atoms with van der Waals surface area (Å²) in [5.74, 6) is -0.0141. The second-order valence-corrected chi connectivity index (χ2v) is 5.89. The molecule has 2 atom stereocenters. The Morgan fingerprint density at radius 1 is 1.52 bits per heavy atom. The molecule has 4 nitrogen and oxygen atoms in total. The number of carbonyl (C=O) groups is 1. The van der Waals surface area contributed by atoms with Crippen molar-refractivity contribution >= 4 is 35.6 Å². The Labute approximate surface area is 137 Å². The van der Waals surface area contributed by atoms with Gasteiger partial charge in [-0.05, 0) is 44.5 Å². The van der Waals surface area contributed by atoms with E-state index in [0.29, 0.717) is 17.6 Å². The number of rotatable bonds is 4.